The molecule has 0 aromatic rings. The van der Waals surface area contributed by atoms with Crippen molar-refractivity contribution >= 4 is 5.71 Å². The molecule has 0 aromatic carbocycles. The van der Waals surface area contributed by atoms with E-state index in [9.17, 15) is 25.5 Å². The Morgan fingerprint density at radius 3 is 2.38 bits per heavy atom. The molecule has 0 aliphatic heterocycles. The fourth-order valence-electron chi connectivity index (χ4n) is 8.16. The van der Waals surface area contributed by atoms with Gasteiger partial charge in [-0.15, -0.1) is 0 Å². The summed E-state index contributed by atoms with van der Waals surface area (Å²) < 4.78 is 0. The minimum absolute atomic E-state index is 0.0109. The normalized spacial score (nSPS) is 45.1. The Labute approximate surface area is 203 Å². The van der Waals surface area contributed by atoms with E-state index in [1.54, 1.807) is 21.0 Å². The third-order valence-corrected chi connectivity index (χ3v) is 10.1. The number of hydrogen-bond donors (Lipinski definition) is 5. The van der Waals surface area contributed by atoms with E-state index in [0.29, 0.717) is 31.6 Å². The van der Waals surface area contributed by atoms with Crippen LogP contribution in [0.4, 0.5) is 0 Å². The lowest BCUT2D eigenvalue weighted by atomic mass is 9.47. The minimum Gasteiger partial charge on any atom is -0.399 e. The topological polar surface area (TPSA) is 123 Å². The van der Waals surface area contributed by atoms with Crippen LogP contribution in [-0.2, 0) is 4.84 Å². The lowest BCUT2D eigenvalue weighted by molar-refractivity contribution is -0.0975. The maximum atomic E-state index is 11.2. The first-order valence-electron chi connectivity index (χ1n) is 13.1. The molecule has 4 aliphatic carbocycles. The number of aliphatic hydroxyl groups is 5. The molecule has 3 fully saturated rings. The molecule has 3 saturated carbocycles. The molecule has 7 nitrogen and oxygen atoms in total. The van der Waals surface area contributed by atoms with Gasteiger partial charge in [-0.2, -0.15) is 0 Å². The fraction of sp³-hybridized carbons (Fsp3) is 0.889. The summed E-state index contributed by atoms with van der Waals surface area (Å²) >= 11 is 0. The van der Waals surface area contributed by atoms with Crippen molar-refractivity contribution in [3.05, 3.63) is 11.6 Å². The van der Waals surface area contributed by atoms with Crippen molar-refractivity contribution in [3.63, 3.8) is 0 Å². The van der Waals surface area contributed by atoms with Crippen LogP contribution in [0.15, 0.2) is 16.8 Å². The Morgan fingerprint density at radius 1 is 1.06 bits per heavy atom. The van der Waals surface area contributed by atoms with E-state index in [0.717, 1.165) is 31.4 Å². The Kier molecular flexibility index (Phi) is 7.02. The molecule has 194 valence electrons. The first-order valence-corrected chi connectivity index (χ1v) is 13.1. The van der Waals surface area contributed by atoms with Crippen LogP contribution in [0.3, 0.4) is 0 Å². The highest BCUT2D eigenvalue weighted by Gasteiger charge is 2.61. The maximum Gasteiger partial charge on any atom is 0.106 e. The number of allylic oxidation sites excluding steroid dienone is 2. The molecular formula is C27H45NO6. The molecular weight excluding hydrogens is 434 g/mol. The highest BCUT2D eigenvalue weighted by molar-refractivity contribution is 5.99. The van der Waals surface area contributed by atoms with E-state index in [-0.39, 0.29) is 28.6 Å². The van der Waals surface area contributed by atoms with Gasteiger partial charge in [0, 0.05) is 5.92 Å². The van der Waals surface area contributed by atoms with Gasteiger partial charge in [-0.3, -0.25) is 0 Å². The second-order valence-electron chi connectivity index (χ2n) is 12.7. The van der Waals surface area contributed by atoms with E-state index >= 15 is 0 Å². The summed E-state index contributed by atoms with van der Waals surface area (Å²) in [5.74, 6) is 0.597. The summed E-state index contributed by atoms with van der Waals surface area (Å²) in [6, 6.07) is 0. The number of rotatable bonds is 6. The van der Waals surface area contributed by atoms with Gasteiger partial charge >= 0.3 is 0 Å². The van der Waals surface area contributed by atoms with Gasteiger partial charge in [0.25, 0.3) is 0 Å². The zero-order chi connectivity index (χ0) is 25.1. The van der Waals surface area contributed by atoms with Gasteiger partial charge in [0.2, 0.25) is 0 Å². The quantitative estimate of drug-likeness (QED) is 0.373. The molecule has 0 aromatic heterocycles. The number of aliphatic hydroxyl groups excluding tert-OH is 4. The summed E-state index contributed by atoms with van der Waals surface area (Å²) in [6.45, 7) is 7.95. The third-order valence-electron chi connectivity index (χ3n) is 10.1. The van der Waals surface area contributed by atoms with Crippen LogP contribution in [0.5, 0.6) is 0 Å². The summed E-state index contributed by atoms with van der Waals surface area (Å²) in [4.78, 5) is 5.20. The first kappa shape index (κ1) is 26.1. The predicted octanol–water partition coefficient (Wildman–Crippen LogP) is 2.78. The summed E-state index contributed by atoms with van der Waals surface area (Å²) in [6.07, 6.45) is 4.57. The Balaban J connectivity index is 1.62. The molecule has 10 atom stereocenters. The highest BCUT2D eigenvalue weighted by Crippen LogP contribution is 2.66. The van der Waals surface area contributed by atoms with Crippen molar-refractivity contribution in [2.24, 2.45) is 39.7 Å². The number of nitrogens with zero attached hydrogens (tertiary/aromatic N) is 1. The molecule has 0 heterocycles. The number of hydrogen-bond acceptors (Lipinski definition) is 7. The molecule has 9 unspecified atom stereocenters. The monoisotopic (exact) mass is 479 g/mol. The van der Waals surface area contributed by atoms with E-state index in [2.05, 4.69) is 25.1 Å². The number of oxime groups is 1. The van der Waals surface area contributed by atoms with Crippen molar-refractivity contribution in [2.75, 3.05) is 7.11 Å². The lowest BCUT2D eigenvalue weighted by Gasteiger charge is -2.58. The number of fused-ring (bicyclic) bond motifs is 5. The van der Waals surface area contributed by atoms with Crippen molar-refractivity contribution in [1.29, 1.82) is 0 Å². The predicted molar refractivity (Wildman–Crippen MR) is 130 cm³/mol. The van der Waals surface area contributed by atoms with Crippen molar-refractivity contribution in [3.8, 4) is 0 Å². The SMILES string of the molecule is CO/N=C1\C=C2C(CCC3(C)C2CCC3C(O)[C@H](O)CCC(C)(C)O)C2(C)CC(O)C(O)CC12. The third kappa shape index (κ3) is 4.36. The molecule has 4 aliphatic rings. The lowest BCUT2D eigenvalue weighted by Crippen LogP contribution is -2.56. The highest BCUT2D eigenvalue weighted by atomic mass is 16.6. The molecule has 0 bridgehead atoms. The van der Waals surface area contributed by atoms with Crippen LogP contribution in [-0.4, -0.2) is 68.4 Å². The zero-order valence-corrected chi connectivity index (χ0v) is 21.4. The summed E-state index contributed by atoms with van der Waals surface area (Å²) in [5.41, 5.74) is 0.985. The average Bonchev–Trinajstić information content (AvgIpc) is 3.10. The molecule has 0 spiro atoms. The molecule has 5 N–H and O–H groups in total. The van der Waals surface area contributed by atoms with Gasteiger partial charge in [-0.25, -0.2) is 0 Å². The van der Waals surface area contributed by atoms with E-state index in [1.807, 2.05) is 0 Å². The molecule has 0 radical (unpaired) electrons. The Hall–Kier alpha value is -0.990. The molecule has 4 rings (SSSR count). The minimum atomic E-state index is -0.866. The molecule has 0 saturated heterocycles. The van der Waals surface area contributed by atoms with Gasteiger partial charge in [0.15, 0.2) is 0 Å². The van der Waals surface area contributed by atoms with Crippen LogP contribution in [0, 0.1) is 34.5 Å². The van der Waals surface area contributed by atoms with Crippen LogP contribution >= 0.6 is 0 Å². The smallest absolute Gasteiger partial charge is 0.106 e. The summed E-state index contributed by atoms with van der Waals surface area (Å²) in [5, 5.41) is 57.4. The van der Waals surface area contributed by atoms with Crippen LogP contribution < -0.4 is 0 Å². The Morgan fingerprint density at radius 2 is 1.74 bits per heavy atom. The Bertz CT molecular complexity index is 820. The second-order valence-corrected chi connectivity index (χ2v) is 12.7. The van der Waals surface area contributed by atoms with Gasteiger partial charge in [-0.05, 0) is 99.9 Å². The van der Waals surface area contributed by atoms with Crippen molar-refractivity contribution in [2.45, 2.75) is 109 Å². The molecule has 0 amide bonds. The largest absolute Gasteiger partial charge is 0.399 e. The summed E-state index contributed by atoms with van der Waals surface area (Å²) in [7, 11) is 1.55. The van der Waals surface area contributed by atoms with Gasteiger partial charge in [-0.1, -0.05) is 24.6 Å². The maximum absolute atomic E-state index is 11.2. The first-order chi connectivity index (χ1) is 15.8. The zero-order valence-electron chi connectivity index (χ0n) is 21.4. The molecule has 7 heteroatoms. The van der Waals surface area contributed by atoms with Crippen LogP contribution in [0.25, 0.3) is 0 Å². The van der Waals surface area contributed by atoms with E-state index in [4.69, 9.17) is 4.84 Å². The van der Waals surface area contributed by atoms with Crippen LogP contribution in [0.1, 0.15) is 79.1 Å². The van der Waals surface area contributed by atoms with Gasteiger partial charge in [0.1, 0.15) is 7.11 Å². The van der Waals surface area contributed by atoms with E-state index in [1.165, 1.54) is 5.57 Å². The fourth-order valence-corrected chi connectivity index (χ4v) is 8.16. The van der Waals surface area contributed by atoms with Crippen LogP contribution in [0.2, 0.25) is 0 Å². The average molecular weight is 480 g/mol. The standard InChI is InChI=1S/C27H45NO6/c1-25(2,33)10-9-21(29)24(32)18-7-6-16-15-12-20(28-34-5)19-13-22(30)23(31)14-27(19,4)17(15)8-11-26(16,18)3/h12,16-19,21-24,29-33H,6-11,13-14H2,1-5H3/b28-20+/t16?,17?,18?,19?,21-,22?,23?,24?,26?,27?/m1/s1. The van der Waals surface area contributed by atoms with Crippen molar-refractivity contribution < 1.29 is 30.4 Å². The molecule has 34 heavy (non-hydrogen) atoms. The van der Waals surface area contributed by atoms with Gasteiger partial charge < -0.3 is 30.4 Å². The van der Waals surface area contributed by atoms with Crippen molar-refractivity contribution in [1.82, 2.24) is 0 Å². The second kappa shape index (κ2) is 9.15. The van der Waals surface area contributed by atoms with E-state index < -0.39 is 30.0 Å². The van der Waals surface area contributed by atoms with Gasteiger partial charge in [0.05, 0.1) is 35.7 Å².